The van der Waals surface area contributed by atoms with Crippen molar-refractivity contribution in [3.8, 4) is 0 Å². The van der Waals surface area contributed by atoms with Gasteiger partial charge in [-0.25, -0.2) is 0 Å². The Hall–Kier alpha value is 0.330. The molecule has 0 aliphatic heterocycles. The Labute approximate surface area is 85.5 Å². The molecule has 0 aromatic rings. The van der Waals surface area contributed by atoms with Gasteiger partial charge in [0, 0.05) is 0 Å². The molecule has 0 saturated heterocycles. The van der Waals surface area contributed by atoms with Crippen LogP contribution in [-0.4, -0.2) is 35.2 Å². The number of carbonyl (C=O) groups is 1. The third-order valence-electron chi connectivity index (χ3n) is 1.52. The van der Waals surface area contributed by atoms with Gasteiger partial charge in [0.2, 0.25) is 4.45 Å². The highest BCUT2D eigenvalue weighted by Gasteiger charge is 1.89. The highest BCUT2D eigenvalue weighted by atomic mass is 32.2. The van der Waals surface area contributed by atoms with E-state index in [-0.39, 0.29) is 4.45 Å². The minimum atomic E-state index is -0.134. The molecular weight excluding hydrogens is 190 g/mol. The highest BCUT2D eigenvalue weighted by Crippen LogP contribution is 1.97. The standard InChI is InChI=1S/C6H15N.C2H4OS2/c1-4-7(5-2)6-3;1-5-2(3)4/h4-6H2,1-3H3;1H3,(H,3,4). The second-order valence-electron chi connectivity index (χ2n) is 2.09. The van der Waals surface area contributed by atoms with Crippen LogP contribution in [0.1, 0.15) is 20.8 Å². The monoisotopic (exact) mass is 209 g/mol. The number of nitrogens with zero attached hydrogens (tertiary/aromatic N) is 1. The van der Waals surface area contributed by atoms with Crippen LogP contribution in [0.3, 0.4) is 0 Å². The number of rotatable bonds is 3. The zero-order valence-corrected chi connectivity index (χ0v) is 10.0. The van der Waals surface area contributed by atoms with Crippen LogP contribution in [0.5, 0.6) is 0 Å². The van der Waals surface area contributed by atoms with E-state index in [0.29, 0.717) is 0 Å². The molecular formula is C8H19NOS2. The summed E-state index contributed by atoms with van der Waals surface area (Å²) in [6.45, 7) is 10.1. The van der Waals surface area contributed by atoms with E-state index in [1.807, 2.05) is 0 Å². The zero-order valence-electron chi connectivity index (χ0n) is 8.33. The molecule has 0 amide bonds. The Morgan fingerprint density at radius 2 is 1.50 bits per heavy atom. The van der Waals surface area contributed by atoms with Crippen molar-refractivity contribution in [3.63, 3.8) is 0 Å². The first kappa shape index (κ1) is 14.8. The molecule has 0 saturated carbocycles. The lowest BCUT2D eigenvalue weighted by molar-refractivity contribution is 0.277. The van der Waals surface area contributed by atoms with Crippen LogP contribution in [0.2, 0.25) is 0 Å². The third kappa shape index (κ3) is 13.0. The fraction of sp³-hybridized carbons (Fsp3) is 0.875. The maximum absolute atomic E-state index is 9.64. The summed E-state index contributed by atoms with van der Waals surface area (Å²) in [5.41, 5.74) is 0. The minimum Gasteiger partial charge on any atom is -0.304 e. The van der Waals surface area contributed by atoms with Crippen LogP contribution in [0.25, 0.3) is 0 Å². The van der Waals surface area contributed by atoms with Crippen molar-refractivity contribution < 1.29 is 4.79 Å². The topological polar surface area (TPSA) is 20.3 Å². The molecule has 0 bridgehead atoms. The van der Waals surface area contributed by atoms with Crippen molar-refractivity contribution >= 4 is 28.8 Å². The second kappa shape index (κ2) is 11.3. The third-order valence-corrected chi connectivity index (χ3v) is 2.41. The fourth-order valence-corrected chi connectivity index (χ4v) is 0.671. The molecule has 0 aliphatic rings. The smallest absolute Gasteiger partial charge is 0.242 e. The molecule has 0 unspecified atom stereocenters. The van der Waals surface area contributed by atoms with Crippen molar-refractivity contribution in [1.29, 1.82) is 0 Å². The van der Waals surface area contributed by atoms with Crippen molar-refractivity contribution in [2.45, 2.75) is 20.8 Å². The molecule has 0 heterocycles. The normalized spacial score (nSPS) is 9.17. The summed E-state index contributed by atoms with van der Waals surface area (Å²) < 4.78 is -0.134. The Balaban J connectivity index is 0. The number of thiol groups is 1. The number of carbonyl (C=O) groups excluding carboxylic acids is 1. The highest BCUT2D eigenvalue weighted by molar-refractivity contribution is 8.31. The number of hydrogen-bond acceptors (Lipinski definition) is 3. The van der Waals surface area contributed by atoms with Gasteiger partial charge in [0.05, 0.1) is 0 Å². The van der Waals surface area contributed by atoms with E-state index in [9.17, 15) is 4.79 Å². The van der Waals surface area contributed by atoms with Crippen molar-refractivity contribution in [1.82, 2.24) is 4.90 Å². The molecule has 0 rings (SSSR count). The van der Waals surface area contributed by atoms with Gasteiger partial charge in [-0.1, -0.05) is 45.2 Å². The Bertz CT molecular complexity index is 99.7. The molecule has 2 nitrogen and oxygen atoms in total. The van der Waals surface area contributed by atoms with Gasteiger partial charge in [0.15, 0.2) is 0 Å². The van der Waals surface area contributed by atoms with Crippen LogP contribution >= 0.6 is 24.4 Å². The van der Waals surface area contributed by atoms with E-state index in [0.717, 1.165) is 11.8 Å². The SMILES string of the molecule is CCN(CC)CC.CSC(=O)S. The van der Waals surface area contributed by atoms with Gasteiger partial charge in [-0.05, 0) is 25.9 Å². The second-order valence-corrected chi connectivity index (χ2v) is 3.58. The molecule has 4 heteroatoms. The van der Waals surface area contributed by atoms with Gasteiger partial charge in [-0.3, -0.25) is 4.79 Å². The molecule has 0 N–H and O–H groups in total. The minimum absolute atomic E-state index is 0.134. The zero-order chi connectivity index (χ0) is 9.98. The lowest BCUT2D eigenvalue weighted by Gasteiger charge is -2.13. The summed E-state index contributed by atoms with van der Waals surface area (Å²) in [5.74, 6) is 0. The van der Waals surface area contributed by atoms with Crippen LogP contribution in [0, 0.1) is 0 Å². The summed E-state index contributed by atoms with van der Waals surface area (Å²) in [6, 6.07) is 0. The van der Waals surface area contributed by atoms with E-state index in [4.69, 9.17) is 0 Å². The lowest BCUT2D eigenvalue weighted by atomic mass is 10.5. The molecule has 0 aromatic heterocycles. The van der Waals surface area contributed by atoms with E-state index >= 15 is 0 Å². The molecule has 12 heavy (non-hydrogen) atoms. The molecule has 0 radical (unpaired) electrons. The Kier molecular flexibility index (Phi) is 14.0. The van der Waals surface area contributed by atoms with Crippen molar-refractivity contribution in [2.24, 2.45) is 0 Å². The van der Waals surface area contributed by atoms with Gasteiger partial charge in [0.25, 0.3) is 0 Å². The number of hydrogen-bond donors (Lipinski definition) is 1. The van der Waals surface area contributed by atoms with Gasteiger partial charge in [-0.2, -0.15) is 0 Å². The predicted molar refractivity (Wildman–Crippen MR) is 61.4 cm³/mol. The van der Waals surface area contributed by atoms with E-state index in [1.165, 1.54) is 19.6 Å². The van der Waals surface area contributed by atoms with Crippen LogP contribution < -0.4 is 0 Å². The molecule has 0 aliphatic carbocycles. The fourth-order valence-electron chi connectivity index (χ4n) is 0.671. The quantitative estimate of drug-likeness (QED) is 0.722. The Morgan fingerprint density at radius 1 is 1.25 bits per heavy atom. The summed E-state index contributed by atoms with van der Waals surface area (Å²) in [5, 5.41) is 0. The maximum Gasteiger partial charge on any atom is 0.242 e. The van der Waals surface area contributed by atoms with Gasteiger partial charge in [-0.15, -0.1) is 0 Å². The maximum atomic E-state index is 9.64. The van der Waals surface area contributed by atoms with Crippen LogP contribution in [0.4, 0.5) is 4.79 Å². The summed E-state index contributed by atoms with van der Waals surface area (Å²) in [7, 11) is 0. The first-order valence-corrected chi connectivity index (χ1v) is 5.78. The largest absolute Gasteiger partial charge is 0.304 e. The lowest BCUT2D eigenvalue weighted by Crippen LogP contribution is -2.21. The molecule has 74 valence electrons. The summed E-state index contributed by atoms with van der Waals surface area (Å²) >= 11 is 4.53. The first-order chi connectivity index (χ1) is 5.62. The van der Waals surface area contributed by atoms with Crippen LogP contribution in [-0.2, 0) is 0 Å². The molecule has 0 aromatic carbocycles. The van der Waals surface area contributed by atoms with Gasteiger partial charge >= 0.3 is 0 Å². The number of thioether (sulfide) groups is 1. The van der Waals surface area contributed by atoms with E-state index in [2.05, 4.69) is 38.3 Å². The molecule has 0 atom stereocenters. The first-order valence-electron chi connectivity index (χ1n) is 4.11. The average Bonchev–Trinajstić information content (AvgIpc) is 2.09. The molecule has 0 spiro atoms. The summed E-state index contributed by atoms with van der Waals surface area (Å²) in [6.07, 6.45) is 1.69. The van der Waals surface area contributed by atoms with Crippen molar-refractivity contribution in [3.05, 3.63) is 0 Å². The van der Waals surface area contributed by atoms with Gasteiger partial charge < -0.3 is 4.90 Å². The van der Waals surface area contributed by atoms with Crippen molar-refractivity contribution in [2.75, 3.05) is 25.9 Å². The van der Waals surface area contributed by atoms with Crippen LogP contribution in [0.15, 0.2) is 0 Å². The van der Waals surface area contributed by atoms with Gasteiger partial charge in [0.1, 0.15) is 0 Å². The Morgan fingerprint density at radius 3 is 1.50 bits per heavy atom. The predicted octanol–water partition coefficient (Wildman–Crippen LogP) is 2.75. The molecule has 0 fully saturated rings. The average molecular weight is 209 g/mol. The van der Waals surface area contributed by atoms with E-state index in [1.54, 1.807) is 6.26 Å². The summed E-state index contributed by atoms with van der Waals surface area (Å²) in [4.78, 5) is 12.0. The van der Waals surface area contributed by atoms with E-state index < -0.39 is 0 Å².